The summed E-state index contributed by atoms with van der Waals surface area (Å²) in [6, 6.07) is 0.801. The average molecular weight is 291 g/mol. The van der Waals surface area contributed by atoms with Gasteiger partial charge >= 0.3 is 33.0 Å². The van der Waals surface area contributed by atoms with Gasteiger partial charge in [0.2, 0.25) is 0 Å². The maximum atomic E-state index is 9.87. The van der Waals surface area contributed by atoms with E-state index in [4.69, 9.17) is 4.74 Å². The van der Waals surface area contributed by atoms with Crippen molar-refractivity contribution in [2.75, 3.05) is 20.3 Å². The molecular weight excluding hydrogens is 271 g/mol. The van der Waals surface area contributed by atoms with Crippen LogP contribution in [0.3, 0.4) is 0 Å². The van der Waals surface area contributed by atoms with E-state index in [0.717, 1.165) is 19.2 Å². The number of ether oxygens (including phenoxy) is 1. The van der Waals surface area contributed by atoms with Gasteiger partial charge in [-0.25, -0.2) is 0 Å². The third-order valence-electron chi connectivity index (χ3n) is 1.87. The minimum absolute atomic E-state index is 0.801. The molecule has 9 heteroatoms. The third-order valence-corrected chi connectivity index (χ3v) is 1.87. The first-order chi connectivity index (χ1) is 7.30. The molecule has 0 aromatic heterocycles. The molecule has 0 fully saturated rings. The molecule has 0 rings (SSSR count). The summed E-state index contributed by atoms with van der Waals surface area (Å²) in [6.07, 6.45) is 2.53. The maximum absolute atomic E-state index is 10.7. The summed E-state index contributed by atoms with van der Waals surface area (Å²) in [5, 5.41) is 2.36. The van der Waals surface area contributed by atoms with Crippen molar-refractivity contribution < 1.29 is 35.2 Å². The predicted molar refractivity (Wildman–Crippen MR) is 56.6 cm³/mol. The van der Waals surface area contributed by atoms with Crippen LogP contribution in [0.25, 0.3) is 0 Å². The van der Waals surface area contributed by atoms with Gasteiger partial charge in [0.1, 0.15) is 0 Å². The van der Waals surface area contributed by atoms with Crippen LogP contribution in [0, 0.1) is 0 Å². The van der Waals surface area contributed by atoms with Gasteiger partial charge in [-0.1, -0.05) is 13.8 Å². The van der Waals surface area contributed by atoms with Crippen LogP contribution in [-0.4, -0.2) is 26.3 Å². The van der Waals surface area contributed by atoms with Gasteiger partial charge in [0.15, 0.2) is 0 Å². The van der Waals surface area contributed by atoms with Crippen LogP contribution in [0.15, 0.2) is 0 Å². The third kappa shape index (κ3) is 38.8. The Bertz CT molecular complexity index is 187. The van der Waals surface area contributed by atoms with E-state index in [1.807, 2.05) is 0 Å². The molecule has 0 amide bonds. The molecule has 0 heterocycles. The van der Waals surface area contributed by atoms with E-state index in [1.54, 1.807) is 7.11 Å². The number of halogens is 6. The van der Waals surface area contributed by atoms with Crippen LogP contribution in [0.4, 0.5) is 25.2 Å². The van der Waals surface area contributed by atoms with Crippen LogP contribution >= 0.6 is 7.81 Å². The average Bonchev–Trinajstić information content (AvgIpc) is 2.07. The molecule has 110 valence electrons. The van der Waals surface area contributed by atoms with Crippen molar-refractivity contribution >= 4 is 7.81 Å². The zero-order valence-electron chi connectivity index (χ0n) is 10.1. The zero-order valence-corrected chi connectivity index (χ0v) is 11.0. The van der Waals surface area contributed by atoms with E-state index in [0.29, 0.717) is 0 Å². The molecule has 0 radical (unpaired) electrons. The summed E-state index contributed by atoms with van der Waals surface area (Å²) >= 11 is 0. The molecular formula is C8H20F6NOP. The molecule has 0 saturated heterocycles. The van der Waals surface area contributed by atoms with E-state index >= 15 is 0 Å². The minimum atomic E-state index is -10.7. The molecule has 2 nitrogen and oxygen atoms in total. The van der Waals surface area contributed by atoms with E-state index < -0.39 is 7.81 Å². The molecule has 0 bridgehead atoms. The van der Waals surface area contributed by atoms with E-state index in [1.165, 1.54) is 12.8 Å². The quantitative estimate of drug-likeness (QED) is 0.450. The summed E-state index contributed by atoms with van der Waals surface area (Å²) in [4.78, 5) is 0. The molecule has 0 unspecified atom stereocenters. The van der Waals surface area contributed by atoms with Crippen LogP contribution in [0.5, 0.6) is 0 Å². The van der Waals surface area contributed by atoms with Crippen molar-refractivity contribution in [1.82, 2.24) is 0 Å². The van der Waals surface area contributed by atoms with Crippen LogP contribution in [0.1, 0.15) is 26.7 Å². The Labute approximate surface area is 96.9 Å². The van der Waals surface area contributed by atoms with Gasteiger partial charge in [-0.2, -0.15) is 0 Å². The topological polar surface area (TPSA) is 25.8 Å². The number of quaternary nitrogens is 1. The Hall–Kier alpha value is -0.0700. The first kappa shape index (κ1) is 19.3. The Balaban J connectivity index is 0. The first-order valence-electron chi connectivity index (χ1n) is 5.18. The number of nitrogens with two attached hydrogens (primary N) is 1. The molecule has 0 spiro atoms. The van der Waals surface area contributed by atoms with E-state index in [9.17, 15) is 25.2 Å². The van der Waals surface area contributed by atoms with Crippen molar-refractivity contribution in [3.63, 3.8) is 0 Å². The fraction of sp³-hybridized carbons (Fsp3) is 1.00. The summed E-state index contributed by atoms with van der Waals surface area (Å²) in [5.41, 5.74) is 0. The van der Waals surface area contributed by atoms with Crippen molar-refractivity contribution in [3.05, 3.63) is 0 Å². The molecule has 0 aliphatic heterocycles. The molecule has 0 saturated carbocycles. The second-order valence-corrected chi connectivity index (χ2v) is 5.47. The summed E-state index contributed by atoms with van der Waals surface area (Å²) in [5.74, 6) is 0. The fourth-order valence-electron chi connectivity index (χ4n) is 1.04. The molecule has 17 heavy (non-hydrogen) atoms. The normalized spacial score (nSPS) is 15.9. The van der Waals surface area contributed by atoms with Crippen molar-refractivity contribution in [2.45, 2.75) is 32.7 Å². The van der Waals surface area contributed by atoms with E-state index in [-0.39, 0.29) is 0 Å². The van der Waals surface area contributed by atoms with Gasteiger partial charge in [-0.05, 0) is 12.8 Å². The summed E-state index contributed by atoms with van der Waals surface area (Å²) in [6.45, 7) is 6.44. The number of methoxy groups -OCH3 is 1. The van der Waals surface area contributed by atoms with Gasteiger partial charge in [0, 0.05) is 7.11 Å². The van der Waals surface area contributed by atoms with Gasteiger partial charge in [0.05, 0.1) is 19.2 Å². The van der Waals surface area contributed by atoms with E-state index in [2.05, 4.69) is 19.2 Å². The second kappa shape index (κ2) is 6.20. The van der Waals surface area contributed by atoms with Crippen LogP contribution in [0.2, 0.25) is 0 Å². The second-order valence-electron chi connectivity index (χ2n) is 3.55. The van der Waals surface area contributed by atoms with Gasteiger partial charge in [-0.15, -0.1) is 0 Å². The molecule has 0 aromatic carbocycles. The molecule has 0 atom stereocenters. The first-order valence-corrected chi connectivity index (χ1v) is 7.21. The van der Waals surface area contributed by atoms with Crippen LogP contribution < -0.4 is 5.32 Å². The molecule has 0 aromatic rings. The number of hydrogen-bond acceptors (Lipinski definition) is 1. The molecule has 0 aliphatic carbocycles. The summed E-state index contributed by atoms with van der Waals surface area (Å²) < 4.78 is 64.1. The Morgan fingerprint density at radius 3 is 1.59 bits per heavy atom. The molecule has 0 aliphatic rings. The Kier molecular flexibility index (Phi) is 7.03. The predicted octanol–water partition coefficient (Wildman–Crippen LogP) is 3.77. The number of hydrogen-bond donors (Lipinski definition) is 1. The Morgan fingerprint density at radius 1 is 1.00 bits per heavy atom. The standard InChI is InChI=1S/C8H19NO.F6P/c1-4-8(5-2)9-6-7-10-3;1-7(2,3,4,5)6/h8-9H,4-7H2,1-3H3;/q;-1/p+1. The van der Waals surface area contributed by atoms with Crippen LogP contribution in [-0.2, 0) is 4.74 Å². The Morgan fingerprint density at radius 2 is 1.35 bits per heavy atom. The van der Waals surface area contributed by atoms with Crippen molar-refractivity contribution in [3.8, 4) is 0 Å². The van der Waals surface area contributed by atoms with Gasteiger partial charge in [0.25, 0.3) is 0 Å². The monoisotopic (exact) mass is 291 g/mol. The zero-order chi connectivity index (χ0) is 14.2. The summed E-state index contributed by atoms with van der Waals surface area (Å²) in [7, 11) is -8.91. The van der Waals surface area contributed by atoms with Crippen molar-refractivity contribution in [1.29, 1.82) is 0 Å². The fourth-order valence-corrected chi connectivity index (χ4v) is 1.04. The van der Waals surface area contributed by atoms with Crippen molar-refractivity contribution in [2.24, 2.45) is 0 Å². The molecule has 2 N–H and O–H groups in total. The number of rotatable bonds is 6. The van der Waals surface area contributed by atoms with Gasteiger partial charge < -0.3 is 10.1 Å². The van der Waals surface area contributed by atoms with Gasteiger partial charge in [-0.3, -0.25) is 0 Å². The SMILES string of the molecule is CCC(CC)[NH2+]CCOC.F[P-](F)(F)(F)(F)F.